The predicted octanol–water partition coefficient (Wildman–Crippen LogP) is 1.67. The topological polar surface area (TPSA) is 54.0 Å². The second kappa shape index (κ2) is 5.27. The van der Waals surface area contributed by atoms with Crippen molar-refractivity contribution in [3.63, 3.8) is 0 Å². The van der Waals surface area contributed by atoms with E-state index in [0.29, 0.717) is 23.2 Å². The Hall–Kier alpha value is -1.13. The molecule has 4 nitrogen and oxygen atoms in total. The van der Waals surface area contributed by atoms with E-state index in [0.717, 1.165) is 19.5 Å². The maximum absolute atomic E-state index is 11.7. The Morgan fingerprint density at radius 2 is 2.56 bits per heavy atom. The normalized spacial score (nSPS) is 19.7. The van der Waals surface area contributed by atoms with E-state index in [2.05, 4.69) is 15.6 Å². The fourth-order valence-electron chi connectivity index (χ4n) is 1.82. The molecule has 1 aromatic heterocycles. The summed E-state index contributed by atoms with van der Waals surface area (Å²) in [5.41, 5.74) is 0. The van der Waals surface area contributed by atoms with E-state index in [9.17, 15) is 4.79 Å². The van der Waals surface area contributed by atoms with Crippen molar-refractivity contribution >= 4 is 23.3 Å². The number of nitrogens with one attached hydrogen (secondary N) is 2. The maximum Gasteiger partial charge on any atom is 0.225 e. The first-order valence-electron chi connectivity index (χ1n) is 5.36. The van der Waals surface area contributed by atoms with Gasteiger partial charge < -0.3 is 10.6 Å². The molecule has 1 unspecified atom stereocenters. The molecular weight excluding hydrogens is 226 g/mol. The lowest BCUT2D eigenvalue weighted by Gasteiger charge is -2.08. The number of pyridine rings is 1. The Bertz CT molecular complexity index is 377. The molecule has 2 rings (SSSR count). The first-order valence-corrected chi connectivity index (χ1v) is 5.74. The highest BCUT2D eigenvalue weighted by Gasteiger charge is 2.18. The van der Waals surface area contributed by atoms with E-state index in [1.54, 1.807) is 18.3 Å². The molecule has 1 amide bonds. The van der Waals surface area contributed by atoms with E-state index in [1.807, 2.05) is 0 Å². The summed E-state index contributed by atoms with van der Waals surface area (Å²) in [5.74, 6) is 0.964. The summed E-state index contributed by atoms with van der Waals surface area (Å²) in [6.07, 6.45) is 3.19. The summed E-state index contributed by atoms with van der Waals surface area (Å²) >= 11 is 5.80. The largest absolute Gasteiger partial charge is 0.316 e. The van der Waals surface area contributed by atoms with Gasteiger partial charge in [-0.1, -0.05) is 11.6 Å². The van der Waals surface area contributed by atoms with Crippen molar-refractivity contribution in [1.82, 2.24) is 10.3 Å². The monoisotopic (exact) mass is 239 g/mol. The molecule has 2 heterocycles. The number of aromatic nitrogens is 1. The third kappa shape index (κ3) is 3.18. The smallest absolute Gasteiger partial charge is 0.225 e. The standard InChI is InChI=1S/C11H14ClN3O/c12-9-2-4-14-10(6-9)15-11(16)5-8-1-3-13-7-8/h2,4,6,8,13H,1,3,5,7H2,(H,14,15,16). The highest BCUT2D eigenvalue weighted by Crippen LogP contribution is 2.15. The van der Waals surface area contributed by atoms with E-state index >= 15 is 0 Å². The average molecular weight is 240 g/mol. The first-order chi connectivity index (χ1) is 7.74. The molecule has 1 saturated heterocycles. The minimum absolute atomic E-state index is 0.00321. The fourth-order valence-corrected chi connectivity index (χ4v) is 1.98. The van der Waals surface area contributed by atoms with Crippen LogP contribution in [0.4, 0.5) is 5.82 Å². The number of nitrogens with zero attached hydrogens (tertiary/aromatic N) is 1. The highest BCUT2D eigenvalue weighted by atomic mass is 35.5. The molecule has 1 aliphatic rings. The number of rotatable bonds is 3. The predicted molar refractivity (Wildman–Crippen MR) is 63.5 cm³/mol. The number of halogens is 1. The zero-order valence-corrected chi connectivity index (χ0v) is 9.63. The van der Waals surface area contributed by atoms with Crippen LogP contribution < -0.4 is 10.6 Å². The van der Waals surface area contributed by atoms with E-state index in [-0.39, 0.29) is 5.91 Å². The van der Waals surface area contributed by atoms with Gasteiger partial charge in [0.1, 0.15) is 5.82 Å². The summed E-state index contributed by atoms with van der Waals surface area (Å²) in [5, 5.41) is 6.56. The molecule has 1 atom stereocenters. The number of carbonyl (C=O) groups is 1. The van der Waals surface area contributed by atoms with E-state index in [4.69, 9.17) is 11.6 Å². The molecule has 1 fully saturated rings. The van der Waals surface area contributed by atoms with Crippen LogP contribution in [0.5, 0.6) is 0 Å². The van der Waals surface area contributed by atoms with Crippen molar-refractivity contribution < 1.29 is 4.79 Å². The maximum atomic E-state index is 11.7. The second-order valence-electron chi connectivity index (χ2n) is 3.97. The van der Waals surface area contributed by atoms with Crippen LogP contribution in [0, 0.1) is 5.92 Å². The average Bonchev–Trinajstić information content (AvgIpc) is 2.70. The molecule has 1 aliphatic heterocycles. The number of carbonyl (C=O) groups excluding carboxylic acids is 1. The molecule has 0 bridgehead atoms. The molecule has 1 aromatic rings. The van der Waals surface area contributed by atoms with Crippen LogP contribution in [-0.2, 0) is 4.79 Å². The van der Waals surface area contributed by atoms with Gasteiger partial charge in [0.2, 0.25) is 5.91 Å². The molecule has 0 radical (unpaired) electrons. The Labute approximate surface area is 99.4 Å². The summed E-state index contributed by atoms with van der Waals surface area (Å²) in [4.78, 5) is 15.7. The first kappa shape index (κ1) is 11.4. The van der Waals surface area contributed by atoms with Gasteiger partial charge in [-0.25, -0.2) is 4.98 Å². The SMILES string of the molecule is O=C(CC1CCNC1)Nc1cc(Cl)ccn1. The Kier molecular flexibility index (Phi) is 3.74. The van der Waals surface area contributed by atoms with Gasteiger partial charge in [-0.15, -0.1) is 0 Å². The number of hydrogen-bond donors (Lipinski definition) is 2. The second-order valence-corrected chi connectivity index (χ2v) is 4.41. The van der Waals surface area contributed by atoms with Crippen molar-refractivity contribution in [2.24, 2.45) is 5.92 Å². The van der Waals surface area contributed by atoms with Gasteiger partial charge in [0.15, 0.2) is 0 Å². The lowest BCUT2D eigenvalue weighted by atomic mass is 10.0. The van der Waals surface area contributed by atoms with Crippen LogP contribution >= 0.6 is 11.6 Å². The minimum atomic E-state index is 0.00321. The quantitative estimate of drug-likeness (QED) is 0.844. The molecule has 16 heavy (non-hydrogen) atoms. The molecule has 5 heteroatoms. The van der Waals surface area contributed by atoms with Gasteiger partial charge in [0.05, 0.1) is 0 Å². The molecule has 0 saturated carbocycles. The minimum Gasteiger partial charge on any atom is -0.316 e. The van der Waals surface area contributed by atoms with Crippen LogP contribution in [0.25, 0.3) is 0 Å². The van der Waals surface area contributed by atoms with Gasteiger partial charge in [0, 0.05) is 17.6 Å². The summed E-state index contributed by atoms with van der Waals surface area (Å²) in [6, 6.07) is 3.32. The zero-order valence-electron chi connectivity index (χ0n) is 8.87. The van der Waals surface area contributed by atoms with E-state index < -0.39 is 0 Å². The molecule has 86 valence electrons. The number of amides is 1. The molecule has 0 spiro atoms. The number of hydrogen-bond acceptors (Lipinski definition) is 3. The van der Waals surface area contributed by atoms with Crippen molar-refractivity contribution in [2.75, 3.05) is 18.4 Å². The fraction of sp³-hybridized carbons (Fsp3) is 0.455. The van der Waals surface area contributed by atoms with Crippen molar-refractivity contribution in [3.8, 4) is 0 Å². The van der Waals surface area contributed by atoms with Gasteiger partial charge in [0.25, 0.3) is 0 Å². The lowest BCUT2D eigenvalue weighted by molar-refractivity contribution is -0.117. The van der Waals surface area contributed by atoms with Crippen LogP contribution in [0.1, 0.15) is 12.8 Å². The molecule has 2 N–H and O–H groups in total. The van der Waals surface area contributed by atoms with Crippen LogP contribution in [-0.4, -0.2) is 24.0 Å². The van der Waals surface area contributed by atoms with Gasteiger partial charge >= 0.3 is 0 Å². The third-order valence-electron chi connectivity index (χ3n) is 2.63. The van der Waals surface area contributed by atoms with Crippen molar-refractivity contribution in [1.29, 1.82) is 0 Å². The summed E-state index contributed by atoms with van der Waals surface area (Å²) in [6.45, 7) is 1.93. The van der Waals surface area contributed by atoms with Gasteiger partial charge in [-0.3, -0.25) is 4.79 Å². The Morgan fingerprint density at radius 3 is 3.25 bits per heavy atom. The van der Waals surface area contributed by atoms with Crippen LogP contribution in [0.2, 0.25) is 5.02 Å². The third-order valence-corrected chi connectivity index (χ3v) is 2.86. The highest BCUT2D eigenvalue weighted by molar-refractivity contribution is 6.30. The summed E-state index contributed by atoms with van der Waals surface area (Å²) in [7, 11) is 0. The van der Waals surface area contributed by atoms with Gasteiger partial charge in [-0.05, 0) is 37.6 Å². The Balaban J connectivity index is 1.86. The summed E-state index contributed by atoms with van der Waals surface area (Å²) < 4.78 is 0. The van der Waals surface area contributed by atoms with Crippen LogP contribution in [0.3, 0.4) is 0 Å². The molecule has 0 aromatic carbocycles. The molecular formula is C11H14ClN3O. The zero-order chi connectivity index (χ0) is 11.4. The van der Waals surface area contributed by atoms with Crippen LogP contribution in [0.15, 0.2) is 18.3 Å². The lowest BCUT2D eigenvalue weighted by Crippen LogP contribution is -2.18. The molecule has 0 aliphatic carbocycles. The van der Waals surface area contributed by atoms with Gasteiger partial charge in [-0.2, -0.15) is 0 Å². The number of anilines is 1. The van der Waals surface area contributed by atoms with Crippen molar-refractivity contribution in [3.05, 3.63) is 23.4 Å². The Morgan fingerprint density at radius 1 is 1.69 bits per heavy atom. The van der Waals surface area contributed by atoms with E-state index in [1.165, 1.54) is 0 Å². The van der Waals surface area contributed by atoms with Crippen molar-refractivity contribution in [2.45, 2.75) is 12.8 Å².